The summed E-state index contributed by atoms with van der Waals surface area (Å²) in [7, 11) is 0. The highest BCUT2D eigenvalue weighted by molar-refractivity contribution is 9.10. The quantitative estimate of drug-likeness (QED) is 0.377. The summed E-state index contributed by atoms with van der Waals surface area (Å²) in [4.78, 5) is 25.6. The van der Waals surface area contributed by atoms with E-state index in [1.807, 2.05) is 24.3 Å². The van der Waals surface area contributed by atoms with Gasteiger partial charge in [0.05, 0.1) is 10.5 Å². The third-order valence-corrected chi connectivity index (χ3v) is 5.66. The van der Waals surface area contributed by atoms with E-state index in [2.05, 4.69) is 27.9 Å². The number of thioether (sulfide) groups is 1. The molecule has 0 aliphatic carbocycles. The van der Waals surface area contributed by atoms with Crippen molar-refractivity contribution in [3.63, 3.8) is 0 Å². The number of carbonyl (C=O) groups excluding carboxylic acids is 2. The van der Waals surface area contributed by atoms with Gasteiger partial charge in [-0.05, 0) is 64.1 Å². The fourth-order valence-electron chi connectivity index (χ4n) is 2.34. The molecule has 0 atom stereocenters. The number of amides is 2. The number of thiocarbonyl (C=S) groups is 1. The maximum Gasteiger partial charge on any atom is 0.285 e. The first-order chi connectivity index (χ1) is 13.5. The lowest BCUT2D eigenvalue weighted by Crippen LogP contribution is -2.44. The average molecular weight is 475 g/mol. The Balaban J connectivity index is 1.72. The summed E-state index contributed by atoms with van der Waals surface area (Å²) in [6, 6.07) is 14.2. The molecule has 1 N–H and O–H groups in total. The van der Waals surface area contributed by atoms with Crippen LogP contribution >= 0.6 is 39.9 Å². The van der Waals surface area contributed by atoms with Gasteiger partial charge in [0.2, 0.25) is 0 Å². The largest absolute Gasteiger partial charge is 0.490 e. The van der Waals surface area contributed by atoms with Crippen LogP contribution < -0.4 is 10.2 Å². The summed E-state index contributed by atoms with van der Waals surface area (Å²) in [6.07, 6.45) is 3.39. The molecule has 0 saturated carbocycles. The minimum atomic E-state index is -0.422. The van der Waals surface area contributed by atoms with Gasteiger partial charge in [-0.25, -0.2) is 0 Å². The van der Waals surface area contributed by atoms with Crippen molar-refractivity contribution in [2.45, 2.75) is 0 Å². The predicted octanol–water partition coefficient (Wildman–Crippen LogP) is 4.56. The third kappa shape index (κ3) is 4.70. The molecular formula is C20H15BrN2O3S2. The lowest BCUT2D eigenvalue weighted by Gasteiger charge is -2.16. The molecule has 0 unspecified atom stereocenters. The molecule has 0 radical (unpaired) electrons. The van der Waals surface area contributed by atoms with Crippen LogP contribution in [0.3, 0.4) is 0 Å². The maximum atomic E-state index is 12.7. The molecule has 2 aromatic carbocycles. The molecule has 1 fully saturated rings. The van der Waals surface area contributed by atoms with Crippen molar-refractivity contribution < 1.29 is 14.3 Å². The van der Waals surface area contributed by atoms with Crippen molar-refractivity contribution in [3.05, 3.63) is 81.7 Å². The topological polar surface area (TPSA) is 58.6 Å². The summed E-state index contributed by atoms with van der Waals surface area (Å²) in [6.45, 7) is 4.03. The Kier molecular flexibility index (Phi) is 6.66. The van der Waals surface area contributed by atoms with Crippen molar-refractivity contribution in [1.82, 2.24) is 10.4 Å². The first-order valence-corrected chi connectivity index (χ1v) is 10.2. The fraction of sp³-hybridized carbons (Fsp3) is 0.0500. The second-order valence-corrected chi connectivity index (χ2v) is 8.14. The van der Waals surface area contributed by atoms with E-state index in [-0.39, 0.29) is 10.2 Å². The SMILES string of the molecule is C=CCOc1ccc(C=C2SC(=S)N(NC(=O)c3ccccc3Br)C2=O)cc1. The highest BCUT2D eigenvalue weighted by Crippen LogP contribution is 2.32. The summed E-state index contributed by atoms with van der Waals surface area (Å²) < 4.78 is 6.34. The van der Waals surface area contributed by atoms with Crippen LogP contribution in [0.5, 0.6) is 5.75 Å². The van der Waals surface area contributed by atoms with Gasteiger partial charge in [-0.15, -0.1) is 0 Å². The number of ether oxygens (including phenoxy) is 1. The molecule has 5 nitrogen and oxygen atoms in total. The van der Waals surface area contributed by atoms with Gasteiger partial charge >= 0.3 is 0 Å². The third-order valence-electron chi connectivity index (χ3n) is 3.67. The Morgan fingerprint density at radius 1 is 1.25 bits per heavy atom. The number of hydrogen-bond acceptors (Lipinski definition) is 5. The zero-order valence-corrected chi connectivity index (χ0v) is 17.8. The first-order valence-electron chi connectivity index (χ1n) is 8.17. The molecule has 1 saturated heterocycles. The highest BCUT2D eigenvalue weighted by atomic mass is 79.9. The Morgan fingerprint density at radius 2 is 1.96 bits per heavy atom. The second-order valence-electron chi connectivity index (χ2n) is 5.61. The monoisotopic (exact) mass is 474 g/mol. The summed E-state index contributed by atoms with van der Waals surface area (Å²) in [5.74, 6) is -0.0820. The van der Waals surface area contributed by atoms with Gasteiger partial charge in [0.25, 0.3) is 11.8 Å². The summed E-state index contributed by atoms with van der Waals surface area (Å²) in [5, 5.41) is 1.09. The minimum absolute atomic E-state index is 0.266. The lowest BCUT2D eigenvalue weighted by atomic mass is 10.2. The van der Waals surface area contributed by atoms with Gasteiger partial charge in [-0.1, -0.05) is 48.7 Å². The van der Waals surface area contributed by atoms with Crippen LogP contribution in [0, 0.1) is 0 Å². The summed E-state index contributed by atoms with van der Waals surface area (Å²) in [5.41, 5.74) is 3.80. The van der Waals surface area contributed by atoms with Crippen LogP contribution in [0.1, 0.15) is 15.9 Å². The van der Waals surface area contributed by atoms with Crippen molar-refractivity contribution in [2.24, 2.45) is 0 Å². The number of nitrogens with one attached hydrogen (secondary N) is 1. The summed E-state index contributed by atoms with van der Waals surface area (Å²) >= 11 is 9.71. The van der Waals surface area contributed by atoms with Gasteiger partial charge in [-0.3, -0.25) is 15.0 Å². The van der Waals surface area contributed by atoms with E-state index >= 15 is 0 Å². The fourth-order valence-corrected chi connectivity index (χ4v) is 3.98. The van der Waals surface area contributed by atoms with Gasteiger partial charge in [-0.2, -0.15) is 5.01 Å². The van der Waals surface area contributed by atoms with E-state index in [1.165, 1.54) is 0 Å². The number of halogens is 1. The number of nitrogens with zero attached hydrogens (tertiary/aromatic N) is 1. The van der Waals surface area contributed by atoms with E-state index in [9.17, 15) is 9.59 Å². The molecule has 2 aromatic rings. The minimum Gasteiger partial charge on any atom is -0.490 e. The van der Waals surface area contributed by atoms with Crippen molar-refractivity contribution in [2.75, 3.05) is 6.61 Å². The second kappa shape index (κ2) is 9.18. The van der Waals surface area contributed by atoms with Crippen molar-refractivity contribution >= 4 is 62.1 Å². The number of carbonyl (C=O) groups is 2. The number of benzene rings is 2. The van der Waals surface area contributed by atoms with Crippen LogP contribution in [-0.4, -0.2) is 27.8 Å². The Bertz CT molecular complexity index is 974. The molecule has 1 heterocycles. The zero-order chi connectivity index (χ0) is 20.1. The molecule has 0 spiro atoms. The van der Waals surface area contributed by atoms with Crippen molar-refractivity contribution in [1.29, 1.82) is 0 Å². The van der Waals surface area contributed by atoms with E-state index in [1.54, 1.807) is 36.4 Å². The van der Waals surface area contributed by atoms with Crippen LogP contribution in [0.15, 0.2) is 70.6 Å². The predicted molar refractivity (Wildman–Crippen MR) is 119 cm³/mol. The van der Waals surface area contributed by atoms with Crippen LogP contribution in [0.4, 0.5) is 0 Å². The van der Waals surface area contributed by atoms with Gasteiger partial charge < -0.3 is 4.74 Å². The molecule has 1 aliphatic heterocycles. The normalized spacial score (nSPS) is 15.0. The molecule has 142 valence electrons. The molecule has 8 heteroatoms. The Morgan fingerprint density at radius 3 is 2.64 bits per heavy atom. The lowest BCUT2D eigenvalue weighted by molar-refractivity contribution is -0.123. The number of hydrazine groups is 1. The van der Waals surface area contributed by atoms with E-state index in [0.717, 1.165) is 22.3 Å². The van der Waals surface area contributed by atoms with Crippen LogP contribution in [-0.2, 0) is 4.79 Å². The molecule has 0 aromatic heterocycles. The van der Waals surface area contributed by atoms with E-state index in [0.29, 0.717) is 27.3 Å². The average Bonchev–Trinajstić information content (AvgIpc) is 2.95. The first kappa shape index (κ1) is 20.3. The molecule has 28 heavy (non-hydrogen) atoms. The highest BCUT2D eigenvalue weighted by Gasteiger charge is 2.34. The zero-order valence-electron chi connectivity index (χ0n) is 14.6. The standard InChI is InChI=1S/C20H15BrN2O3S2/c1-2-11-26-14-9-7-13(8-10-14)12-17-19(25)23(20(27)28-17)22-18(24)15-5-3-4-6-16(15)21/h2-10,12H,1,11H2,(H,22,24). The molecular weight excluding hydrogens is 460 g/mol. The van der Waals surface area contributed by atoms with E-state index < -0.39 is 5.91 Å². The maximum absolute atomic E-state index is 12.7. The van der Waals surface area contributed by atoms with Gasteiger partial charge in [0, 0.05) is 4.47 Å². The van der Waals surface area contributed by atoms with Crippen LogP contribution in [0.25, 0.3) is 6.08 Å². The van der Waals surface area contributed by atoms with Gasteiger partial charge in [0.1, 0.15) is 12.4 Å². The van der Waals surface area contributed by atoms with Gasteiger partial charge in [0.15, 0.2) is 4.32 Å². The number of hydrogen-bond donors (Lipinski definition) is 1. The molecule has 2 amide bonds. The van der Waals surface area contributed by atoms with Crippen molar-refractivity contribution in [3.8, 4) is 5.75 Å². The Hall–Kier alpha value is -2.42. The Labute approximate surface area is 180 Å². The smallest absolute Gasteiger partial charge is 0.285 e. The molecule has 0 bridgehead atoms. The van der Waals surface area contributed by atoms with E-state index in [4.69, 9.17) is 17.0 Å². The molecule has 1 aliphatic rings. The molecule has 3 rings (SSSR count). The van der Waals surface area contributed by atoms with Crippen LogP contribution in [0.2, 0.25) is 0 Å². The number of rotatable bonds is 6.